The molecule has 0 bridgehead atoms. The van der Waals surface area contributed by atoms with Crippen molar-refractivity contribution in [3.05, 3.63) is 46.3 Å². The molecular formula is C14H15BrN4. The summed E-state index contributed by atoms with van der Waals surface area (Å²) in [5.41, 5.74) is 9.36. The molecule has 0 saturated heterocycles. The Labute approximate surface area is 120 Å². The van der Waals surface area contributed by atoms with Crippen molar-refractivity contribution in [2.45, 2.75) is 25.3 Å². The van der Waals surface area contributed by atoms with Gasteiger partial charge in [-0.1, -0.05) is 6.07 Å². The number of nitrogens with one attached hydrogen (secondary N) is 1. The van der Waals surface area contributed by atoms with Crippen LogP contribution in [-0.2, 0) is 6.42 Å². The molecule has 1 aliphatic rings. The highest BCUT2D eigenvalue weighted by molar-refractivity contribution is 9.10. The van der Waals surface area contributed by atoms with E-state index in [0.717, 1.165) is 35.2 Å². The smallest absolute Gasteiger partial charge is 0.144 e. The lowest BCUT2D eigenvalue weighted by molar-refractivity contribution is 0.598. The summed E-state index contributed by atoms with van der Waals surface area (Å²) in [5, 5.41) is 3.49. The van der Waals surface area contributed by atoms with Gasteiger partial charge in [0.2, 0.25) is 0 Å². The fourth-order valence-corrected chi connectivity index (χ4v) is 2.90. The van der Waals surface area contributed by atoms with Crippen molar-refractivity contribution in [2.75, 3.05) is 11.1 Å². The van der Waals surface area contributed by atoms with E-state index in [4.69, 9.17) is 5.73 Å². The van der Waals surface area contributed by atoms with Crippen LogP contribution in [0.2, 0.25) is 0 Å². The monoisotopic (exact) mass is 318 g/mol. The predicted octanol–water partition coefficient (Wildman–Crippen LogP) is 3.31. The van der Waals surface area contributed by atoms with Gasteiger partial charge in [0.1, 0.15) is 12.1 Å². The number of hydrogen-bond donors (Lipinski definition) is 2. The topological polar surface area (TPSA) is 63.8 Å². The Balaban J connectivity index is 1.90. The molecule has 3 rings (SSSR count). The molecule has 4 nitrogen and oxygen atoms in total. The molecule has 1 atom stereocenters. The summed E-state index contributed by atoms with van der Waals surface area (Å²) < 4.78 is 0.887. The number of aryl methyl sites for hydroxylation is 1. The molecule has 98 valence electrons. The van der Waals surface area contributed by atoms with Crippen molar-refractivity contribution in [2.24, 2.45) is 0 Å². The van der Waals surface area contributed by atoms with E-state index in [2.05, 4.69) is 43.3 Å². The summed E-state index contributed by atoms with van der Waals surface area (Å²) in [5.74, 6) is 0.838. The SMILES string of the molecule is Nc1ccc2c(c1)CCCC2Nc1ncncc1Br. The average molecular weight is 319 g/mol. The zero-order valence-electron chi connectivity index (χ0n) is 10.4. The van der Waals surface area contributed by atoms with E-state index >= 15 is 0 Å². The zero-order chi connectivity index (χ0) is 13.2. The first-order valence-corrected chi connectivity index (χ1v) is 7.13. The number of anilines is 2. The Morgan fingerprint density at radius 3 is 3.11 bits per heavy atom. The quantitative estimate of drug-likeness (QED) is 0.834. The summed E-state index contributed by atoms with van der Waals surface area (Å²) in [6, 6.07) is 6.46. The molecule has 0 fully saturated rings. The van der Waals surface area contributed by atoms with Gasteiger partial charge in [0, 0.05) is 11.9 Å². The van der Waals surface area contributed by atoms with Crippen LogP contribution in [0, 0.1) is 0 Å². The Bertz CT molecular complexity index is 600. The first-order valence-electron chi connectivity index (χ1n) is 6.34. The second-order valence-electron chi connectivity index (χ2n) is 4.77. The van der Waals surface area contributed by atoms with Gasteiger partial charge in [-0.25, -0.2) is 9.97 Å². The van der Waals surface area contributed by atoms with Crippen LogP contribution in [0.3, 0.4) is 0 Å². The van der Waals surface area contributed by atoms with Crippen LogP contribution in [0.15, 0.2) is 35.2 Å². The molecule has 1 heterocycles. The average Bonchev–Trinajstić information content (AvgIpc) is 2.41. The van der Waals surface area contributed by atoms with Crippen LogP contribution in [-0.4, -0.2) is 9.97 Å². The molecule has 1 aliphatic carbocycles. The lowest BCUT2D eigenvalue weighted by Crippen LogP contribution is -2.18. The van der Waals surface area contributed by atoms with Gasteiger partial charge in [-0.15, -0.1) is 0 Å². The Morgan fingerprint density at radius 2 is 2.26 bits per heavy atom. The summed E-state index contributed by atoms with van der Waals surface area (Å²) in [6.45, 7) is 0. The standard InChI is InChI=1S/C14H15BrN4/c15-12-7-17-8-18-14(12)19-13-3-1-2-9-6-10(16)4-5-11(9)13/h4-8,13H,1-3,16H2,(H,17,18,19). The minimum atomic E-state index is 0.288. The normalized spacial score (nSPS) is 17.8. The molecule has 0 aliphatic heterocycles. The minimum Gasteiger partial charge on any atom is -0.399 e. The van der Waals surface area contributed by atoms with Crippen molar-refractivity contribution in [3.8, 4) is 0 Å². The zero-order valence-corrected chi connectivity index (χ0v) is 12.0. The lowest BCUT2D eigenvalue weighted by Gasteiger charge is -2.27. The molecule has 1 aromatic carbocycles. The van der Waals surface area contributed by atoms with Crippen LogP contribution in [0.4, 0.5) is 11.5 Å². The Morgan fingerprint density at radius 1 is 1.37 bits per heavy atom. The van der Waals surface area contributed by atoms with E-state index in [9.17, 15) is 0 Å². The first kappa shape index (κ1) is 12.4. The molecule has 5 heteroatoms. The molecule has 1 aromatic heterocycles. The summed E-state index contributed by atoms with van der Waals surface area (Å²) in [7, 11) is 0. The molecule has 2 aromatic rings. The van der Waals surface area contributed by atoms with E-state index in [1.165, 1.54) is 11.1 Å². The van der Waals surface area contributed by atoms with Crippen molar-refractivity contribution >= 4 is 27.4 Å². The van der Waals surface area contributed by atoms with Crippen molar-refractivity contribution in [1.29, 1.82) is 0 Å². The molecule has 0 amide bonds. The highest BCUT2D eigenvalue weighted by Crippen LogP contribution is 2.34. The highest BCUT2D eigenvalue weighted by atomic mass is 79.9. The number of benzene rings is 1. The maximum Gasteiger partial charge on any atom is 0.144 e. The van der Waals surface area contributed by atoms with Crippen molar-refractivity contribution in [1.82, 2.24) is 9.97 Å². The van der Waals surface area contributed by atoms with Gasteiger partial charge in [-0.3, -0.25) is 0 Å². The van der Waals surface area contributed by atoms with Crippen LogP contribution in [0.5, 0.6) is 0 Å². The van der Waals surface area contributed by atoms with Gasteiger partial charge in [0.15, 0.2) is 0 Å². The van der Waals surface area contributed by atoms with Gasteiger partial charge in [-0.05, 0) is 58.5 Å². The maximum absolute atomic E-state index is 5.86. The molecule has 0 saturated carbocycles. The Hall–Kier alpha value is -1.62. The van der Waals surface area contributed by atoms with E-state index < -0.39 is 0 Å². The third kappa shape index (κ3) is 2.56. The summed E-state index contributed by atoms with van der Waals surface area (Å²) in [4.78, 5) is 8.25. The second-order valence-corrected chi connectivity index (χ2v) is 5.62. The third-order valence-corrected chi connectivity index (χ3v) is 4.04. The van der Waals surface area contributed by atoms with Crippen LogP contribution >= 0.6 is 15.9 Å². The predicted molar refractivity (Wildman–Crippen MR) is 79.9 cm³/mol. The maximum atomic E-state index is 5.86. The molecule has 0 spiro atoms. The van der Waals surface area contributed by atoms with Crippen LogP contribution in [0.25, 0.3) is 0 Å². The van der Waals surface area contributed by atoms with E-state index in [1.54, 1.807) is 12.5 Å². The van der Waals surface area contributed by atoms with Gasteiger partial charge in [-0.2, -0.15) is 0 Å². The van der Waals surface area contributed by atoms with Crippen molar-refractivity contribution < 1.29 is 0 Å². The summed E-state index contributed by atoms with van der Waals surface area (Å²) in [6.07, 6.45) is 6.68. The lowest BCUT2D eigenvalue weighted by atomic mass is 9.87. The largest absolute Gasteiger partial charge is 0.399 e. The number of aromatic nitrogens is 2. The van der Waals surface area contributed by atoms with Gasteiger partial charge < -0.3 is 11.1 Å². The van der Waals surface area contributed by atoms with Crippen LogP contribution < -0.4 is 11.1 Å². The molecule has 1 unspecified atom stereocenters. The number of rotatable bonds is 2. The molecular weight excluding hydrogens is 304 g/mol. The number of nitrogens with two attached hydrogens (primary N) is 1. The number of halogens is 1. The van der Waals surface area contributed by atoms with Crippen LogP contribution in [0.1, 0.15) is 30.0 Å². The number of fused-ring (bicyclic) bond motifs is 1. The number of nitrogen functional groups attached to an aromatic ring is 1. The van der Waals surface area contributed by atoms with E-state index in [-0.39, 0.29) is 6.04 Å². The first-order chi connectivity index (χ1) is 9.24. The molecule has 19 heavy (non-hydrogen) atoms. The summed E-state index contributed by atoms with van der Waals surface area (Å²) >= 11 is 3.47. The third-order valence-electron chi connectivity index (χ3n) is 3.46. The fraction of sp³-hybridized carbons (Fsp3) is 0.286. The van der Waals surface area contributed by atoms with E-state index in [0.29, 0.717) is 0 Å². The van der Waals surface area contributed by atoms with Gasteiger partial charge >= 0.3 is 0 Å². The molecule has 3 N–H and O–H groups in total. The number of nitrogens with zero attached hydrogens (tertiary/aromatic N) is 2. The molecule has 0 radical (unpaired) electrons. The Kier molecular flexibility index (Phi) is 3.38. The van der Waals surface area contributed by atoms with Crippen molar-refractivity contribution in [3.63, 3.8) is 0 Å². The number of hydrogen-bond acceptors (Lipinski definition) is 4. The van der Waals surface area contributed by atoms with Gasteiger partial charge in [0.25, 0.3) is 0 Å². The highest BCUT2D eigenvalue weighted by Gasteiger charge is 2.21. The van der Waals surface area contributed by atoms with Gasteiger partial charge in [0.05, 0.1) is 10.5 Å². The second kappa shape index (κ2) is 5.17. The fourth-order valence-electron chi connectivity index (χ4n) is 2.57. The van der Waals surface area contributed by atoms with E-state index in [1.807, 2.05) is 6.07 Å². The minimum absolute atomic E-state index is 0.288.